The van der Waals surface area contributed by atoms with Gasteiger partial charge in [0, 0.05) is 43.4 Å². The first-order valence-corrected chi connectivity index (χ1v) is 11.5. The number of aromatic nitrogens is 1. The molecular formula is C25H28N4O4. The Morgan fingerprint density at radius 2 is 2.03 bits per heavy atom. The van der Waals surface area contributed by atoms with Gasteiger partial charge in [0.2, 0.25) is 11.8 Å². The third-order valence-corrected chi connectivity index (χ3v) is 7.04. The number of hydrogen-bond donors (Lipinski definition) is 2. The largest absolute Gasteiger partial charge is 0.393 e. The zero-order chi connectivity index (χ0) is 23.1. The van der Waals surface area contributed by atoms with Crippen molar-refractivity contribution in [2.75, 3.05) is 13.1 Å². The van der Waals surface area contributed by atoms with Crippen LogP contribution in [-0.4, -0.2) is 62.8 Å². The van der Waals surface area contributed by atoms with Crippen molar-refractivity contribution in [2.24, 2.45) is 5.92 Å². The molecule has 0 bridgehead atoms. The summed E-state index contributed by atoms with van der Waals surface area (Å²) in [4.78, 5) is 45.1. The second-order valence-corrected chi connectivity index (χ2v) is 9.35. The van der Waals surface area contributed by atoms with Crippen LogP contribution in [-0.2, 0) is 22.7 Å². The first-order chi connectivity index (χ1) is 15.9. The van der Waals surface area contributed by atoms with Gasteiger partial charge in [-0.15, -0.1) is 0 Å². The van der Waals surface area contributed by atoms with Crippen LogP contribution in [0.1, 0.15) is 47.7 Å². The molecule has 172 valence electrons. The minimum Gasteiger partial charge on any atom is -0.393 e. The van der Waals surface area contributed by atoms with Gasteiger partial charge in [-0.05, 0) is 67.6 Å². The van der Waals surface area contributed by atoms with Gasteiger partial charge in [0.05, 0.1) is 11.8 Å². The Kier molecular flexibility index (Phi) is 5.72. The minimum absolute atomic E-state index is 0.172. The normalized spacial score (nSPS) is 24.2. The minimum atomic E-state index is -0.613. The highest BCUT2D eigenvalue weighted by molar-refractivity contribution is 6.05. The summed E-state index contributed by atoms with van der Waals surface area (Å²) in [5.41, 5.74) is 4.40. The molecule has 1 aromatic carbocycles. The van der Waals surface area contributed by atoms with Crippen LogP contribution >= 0.6 is 0 Å². The monoisotopic (exact) mass is 448 g/mol. The van der Waals surface area contributed by atoms with Crippen molar-refractivity contribution in [1.29, 1.82) is 0 Å². The molecule has 0 aliphatic carbocycles. The van der Waals surface area contributed by atoms with Crippen LogP contribution in [0.3, 0.4) is 0 Å². The summed E-state index contributed by atoms with van der Waals surface area (Å²) in [6.45, 7) is 4.89. The second-order valence-electron chi connectivity index (χ2n) is 9.35. The zero-order valence-corrected chi connectivity index (χ0v) is 18.7. The lowest BCUT2D eigenvalue weighted by molar-refractivity contribution is -0.136. The number of aliphatic hydroxyl groups excluding tert-OH is 1. The number of hydrogen-bond acceptors (Lipinski definition) is 6. The molecule has 0 saturated carbocycles. The number of aliphatic hydroxyl groups is 1. The fraction of sp³-hybridized carbons (Fsp3) is 0.440. The highest BCUT2D eigenvalue weighted by atomic mass is 16.3. The van der Waals surface area contributed by atoms with Crippen LogP contribution in [0.5, 0.6) is 0 Å². The number of benzene rings is 1. The summed E-state index contributed by atoms with van der Waals surface area (Å²) in [5, 5.41) is 12.2. The van der Waals surface area contributed by atoms with E-state index in [1.165, 1.54) is 0 Å². The van der Waals surface area contributed by atoms with Crippen LogP contribution in [0.2, 0.25) is 0 Å². The molecule has 8 heteroatoms. The number of carbonyl (C=O) groups excluding carboxylic acids is 3. The number of likely N-dealkylation sites (tertiary alicyclic amines) is 1. The molecule has 0 radical (unpaired) electrons. The smallest absolute Gasteiger partial charge is 0.255 e. The Morgan fingerprint density at radius 3 is 2.79 bits per heavy atom. The molecule has 3 aliphatic heterocycles. The lowest BCUT2D eigenvalue weighted by Crippen LogP contribution is -2.52. The van der Waals surface area contributed by atoms with Crippen molar-refractivity contribution in [2.45, 2.75) is 51.4 Å². The van der Waals surface area contributed by atoms with E-state index in [4.69, 9.17) is 0 Å². The molecule has 3 aliphatic rings. The van der Waals surface area contributed by atoms with E-state index in [9.17, 15) is 19.5 Å². The number of nitrogens with zero attached hydrogens (tertiary/aromatic N) is 3. The van der Waals surface area contributed by atoms with E-state index in [0.29, 0.717) is 24.4 Å². The van der Waals surface area contributed by atoms with E-state index in [-0.39, 0.29) is 24.3 Å². The van der Waals surface area contributed by atoms with Gasteiger partial charge in [-0.25, -0.2) is 0 Å². The molecule has 2 N–H and O–H groups in total. The van der Waals surface area contributed by atoms with Crippen molar-refractivity contribution in [1.82, 2.24) is 20.1 Å². The van der Waals surface area contributed by atoms with E-state index in [0.717, 1.165) is 48.4 Å². The first-order valence-electron chi connectivity index (χ1n) is 11.5. The number of amides is 3. The molecule has 2 fully saturated rings. The van der Waals surface area contributed by atoms with Gasteiger partial charge in [0.1, 0.15) is 6.04 Å². The van der Waals surface area contributed by atoms with Gasteiger partial charge >= 0.3 is 0 Å². The van der Waals surface area contributed by atoms with Crippen molar-refractivity contribution in [3.05, 3.63) is 53.2 Å². The van der Waals surface area contributed by atoms with Gasteiger partial charge in [-0.2, -0.15) is 0 Å². The molecule has 2 aromatic rings. The molecule has 8 nitrogen and oxygen atoms in total. The summed E-state index contributed by atoms with van der Waals surface area (Å²) in [7, 11) is 0. The Hall–Kier alpha value is -3.10. The van der Waals surface area contributed by atoms with Crippen molar-refractivity contribution in [3.8, 4) is 11.3 Å². The number of fused-ring (bicyclic) bond motifs is 1. The topological polar surface area (TPSA) is 103 Å². The summed E-state index contributed by atoms with van der Waals surface area (Å²) in [5.74, 6) is -0.534. The molecule has 4 heterocycles. The third-order valence-electron chi connectivity index (χ3n) is 7.04. The van der Waals surface area contributed by atoms with Crippen molar-refractivity contribution >= 4 is 17.7 Å². The third kappa shape index (κ3) is 4.28. The zero-order valence-electron chi connectivity index (χ0n) is 18.7. The van der Waals surface area contributed by atoms with E-state index in [2.05, 4.69) is 21.3 Å². The lowest BCUT2D eigenvalue weighted by Gasteiger charge is -2.29. The second kappa shape index (κ2) is 8.68. The van der Waals surface area contributed by atoms with Crippen LogP contribution in [0.15, 0.2) is 36.5 Å². The number of piperidine rings is 1. The van der Waals surface area contributed by atoms with Crippen LogP contribution in [0.4, 0.5) is 0 Å². The van der Waals surface area contributed by atoms with Crippen molar-refractivity contribution in [3.63, 3.8) is 0 Å². The maximum Gasteiger partial charge on any atom is 0.255 e. The maximum atomic E-state index is 12.9. The summed E-state index contributed by atoms with van der Waals surface area (Å²) in [6.07, 6.45) is 3.14. The molecule has 5 rings (SSSR count). The fourth-order valence-corrected chi connectivity index (χ4v) is 5.12. The SMILES string of the molecule is CC(O)C1CCN(Cc2ccnc(-c3ccc4c(c3)CN(C3CCC(=O)NC3=O)C4=O)c2)C1. The van der Waals surface area contributed by atoms with Crippen LogP contribution in [0.25, 0.3) is 11.3 Å². The predicted molar refractivity (Wildman–Crippen MR) is 121 cm³/mol. The Bertz CT molecular complexity index is 1120. The summed E-state index contributed by atoms with van der Waals surface area (Å²) in [6, 6.07) is 9.16. The van der Waals surface area contributed by atoms with Gasteiger partial charge in [0.25, 0.3) is 5.91 Å². The number of pyridine rings is 1. The van der Waals surface area contributed by atoms with E-state index < -0.39 is 11.9 Å². The highest BCUT2D eigenvalue weighted by Crippen LogP contribution is 2.31. The number of carbonyl (C=O) groups is 3. The standard InChI is InChI=1S/C25H28N4O4/c1-15(30)18-7-9-28(13-18)12-16-6-8-26-21(10-16)17-2-3-20-19(11-17)14-29(25(20)33)22-4-5-23(31)27-24(22)32/h2-3,6,8,10-11,15,18,22,30H,4-5,7,9,12-14H2,1H3,(H,27,31,32). The predicted octanol–water partition coefficient (Wildman–Crippen LogP) is 1.71. The number of imide groups is 1. The van der Waals surface area contributed by atoms with E-state index in [1.54, 1.807) is 17.2 Å². The van der Waals surface area contributed by atoms with Crippen LogP contribution in [0, 0.1) is 5.92 Å². The average Bonchev–Trinajstić information content (AvgIpc) is 3.39. The molecule has 3 unspecified atom stereocenters. The van der Waals surface area contributed by atoms with Crippen molar-refractivity contribution < 1.29 is 19.5 Å². The lowest BCUT2D eigenvalue weighted by atomic mass is 10.0. The molecular weight excluding hydrogens is 420 g/mol. The fourth-order valence-electron chi connectivity index (χ4n) is 5.12. The maximum absolute atomic E-state index is 12.9. The van der Waals surface area contributed by atoms with Gasteiger partial charge in [0.15, 0.2) is 0 Å². The molecule has 3 atom stereocenters. The van der Waals surface area contributed by atoms with E-state index >= 15 is 0 Å². The molecule has 3 amide bonds. The molecule has 1 aromatic heterocycles. The first kappa shape index (κ1) is 21.7. The molecule has 2 saturated heterocycles. The summed E-state index contributed by atoms with van der Waals surface area (Å²) < 4.78 is 0. The summed E-state index contributed by atoms with van der Waals surface area (Å²) >= 11 is 0. The molecule has 0 spiro atoms. The van der Waals surface area contributed by atoms with Gasteiger partial charge < -0.3 is 10.0 Å². The quantitative estimate of drug-likeness (QED) is 0.675. The average molecular weight is 449 g/mol. The number of rotatable bonds is 5. The Labute approximate surface area is 192 Å². The van der Waals surface area contributed by atoms with Gasteiger partial charge in [-0.1, -0.05) is 6.07 Å². The Balaban J connectivity index is 1.32. The van der Waals surface area contributed by atoms with Gasteiger partial charge in [-0.3, -0.25) is 29.6 Å². The van der Waals surface area contributed by atoms with E-state index in [1.807, 2.05) is 25.1 Å². The van der Waals surface area contributed by atoms with Crippen LogP contribution < -0.4 is 5.32 Å². The highest BCUT2D eigenvalue weighted by Gasteiger charge is 2.39. The number of nitrogens with one attached hydrogen (secondary N) is 1. The molecule has 33 heavy (non-hydrogen) atoms. The Morgan fingerprint density at radius 1 is 1.18 bits per heavy atom.